The van der Waals surface area contributed by atoms with E-state index in [1.807, 2.05) is 12.3 Å². The van der Waals surface area contributed by atoms with E-state index in [1.54, 1.807) is 29.9 Å². The van der Waals surface area contributed by atoms with Gasteiger partial charge in [0.05, 0.1) is 0 Å². The lowest BCUT2D eigenvalue weighted by Crippen LogP contribution is -2.55. The highest BCUT2D eigenvalue weighted by molar-refractivity contribution is 5.85. The van der Waals surface area contributed by atoms with Crippen LogP contribution < -0.4 is 10.6 Å². The Morgan fingerprint density at radius 3 is 2.64 bits per heavy atom. The molecule has 2 rings (SSSR count). The van der Waals surface area contributed by atoms with E-state index < -0.39 is 5.54 Å². The van der Waals surface area contributed by atoms with Crippen molar-refractivity contribution in [1.82, 2.24) is 25.3 Å². The maximum absolute atomic E-state index is 12.9. The molecule has 0 aromatic carbocycles. The number of aromatic nitrogens is 2. The molecule has 0 bridgehead atoms. The van der Waals surface area contributed by atoms with Crippen LogP contribution in [0, 0.1) is 0 Å². The standard InChI is InChI=1S/C14H23N5O2.ClH/c1-15-12(20)4-11-18(2)13(21)14(5-8-16-9-6-14)19-10-3-7-17-19;/h3,7,10,16H,4-6,8-9,11H2,1-2H3,(H,15,20);1H. The molecule has 0 atom stereocenters. The zero-order valence-electron chi connectivity index (χ0n) is 13.0. The van der Waals surface area contributed by atoms with Crippen molar-refractivity contribution in [3.8, 4) is 0 Å². The lowest BCUT2D eigenvalue weighted by Gasteiger charge is -2.39. The van der Waals surface area contributed by atoms with Crippen LogP contribution in [0.1, 0.15) is 19.3 Å². The molecule has 124 valence electrons. The fraction of sp³-hybridized carbons (Fsp3) is 0.643. The van der Waals surface area contributed by atoms with Crippen molar-refractivity contribution in [2.24, 2.45) is 0 Å². The van der Waals surface area contributed by atoms with Crippen LogP contribution >= 0.6 is 12.4 Å². The van der Waals surface area contributed by atoms with Crippen LogP contribution in [-0.2, 0) is 15.1 Å². The summed E-state index contributed by atoms with van der Waals surface area (Å²) in [6, 6.07) is 1.83. The Labute approximate surface area is 136 Å². The molecule has 2 amide bonds. The van der Waals surface area contributed by atoms with Gasteiger partial charge in [0.15, 0.2) is 0 Å². The number of hydrogen-bond donors (Lipinski definition) is 2. The molecule has 2 N–H and O–H groups in total. The lowest BCUT2D eigenvalue weighted by atomic mass is 9.87. The van der Waals surface area contributed by atoms with Crippen LogP contribution in [-0.4, -0.2) is 60.2 Å². The smallest absolute Gasteiger partial charge is 0.250 e. The summed E-state index contributed by atoms with van der Waals surface area (Å²) in [5.74, 6) is -0.0373. The number of piperidine rings is 1. The average molecular weight is 330 g/mol. The number of carbonyl (C=O) groups is 2. The van der Waals surface area contributed by atoms with E-state index in [-0.39, 0.29) is 24.2 Å². The van der Waals surface area contributed by atoms with Crippen molar-refractivity contribution in [1.29, 1.82) is 0 Å². The second-order valence-corrected chi connectivity index (χ2v) is 5.38. The minimum atomic E-state index is -0.633. The SMILES string of the molecule is CNC(=O)CCN(C)C(=O)C1(n2cccn2)CCNCC1.Cl. The molecule has 0 spiro atoms. The van der Waals surface area contributed by atoms with Crippen molar-refractivity contribution in [2.45, 2.75) is 24.8 Å². The Balaban J connectivity index is 0.00000242. The molecule has 1 aromatic rings. The number of nitrogens with zero attached hydrogens (tertiary/aromatic N) is 3. The third-order valence-corrected chi connectivity index (χ3v) is 4.07. The molecular formula is C14H24ClN5O2. The van der Waals surface area contributed by atoms with Gasteiger partial charge < -0.3 is 15.5 Å². The van der Waals surface area contributed by atoms with Crippen LogP contribution in [0.3, 0.4) is 0 Å². The van der Waals surface area contributed by atoms with Crippen LogP contribution in [0.15, 0.2) is 18.5 Å². The summed E-state index contributed by atoms with van der Waals surface area (Å²) in [5.41, 5.74) is -0.633. The fourth-order valence-electron chi connectivity index (χ4n) is 2.75. The highest BCUT2D eigenvalue weighted by Gasteiger charge is 2.43. The van der Waals surface area contributed by atoms with Gasteiger partial charge in [-0.2, -0.15) is 5.10 Å². The first-order valence-corrected chi connectivity index (χ1v) is 7.27. The molecule has 0 radical (unpaired) electrons. The summed E-state index contributed by atoms with van der Waals surface area (Å²) in [5, 5.41) is 10.1. The van der Waals surface area contributed by atoms with Gasteiger partial charge in [0.2, 0.25) is 11.8 Å². The average Bonchev–Trinajstić information content (AvgIpc) is 3.07. The Kier molecular flexibility index (Phi) is 6.83. The third kappa shape index (κ3) is 3.78. The first-order chi connectivity index (χ1) is 10.1. The van der Waals surface area contributed by atoms with Crippen LogP contribution in [0.2, 0.25) is 0 Å². The maximum atomic E-state index is 12.9. The topological polar surface area (TPSA) is 79.3 Å². The Morgan fingerprint density at radius 2 is 2.09 bits per heavy atom. The molecule has 0 aliphatic carbocycles. The molecule has 0 unspecified atom stereocenters. The van der Waals surface area contributed by atoms with E-state index in [2.05, 4.69) is 15.7 Å². The Bertz CT molecular complexity index is 485. The van der Waals surface area contributed by atoms with Crippen molar-refractivity contribution in [3.05, 3.63) is 18.5 Å². The van der Waals surface area contributed by atoms with E-state index >= 15 is 0 Å². The van der Waals surface area contributed by atoms with Gasteiger partial charge in [0.1, 0.15) is 5.54 Å². The van der Waals surface area contributed by atoms with E-state index in [9.17, 15) is 9.59 Å². The molecule has 1 aliphatic rings. The molecule has 0 saturated carbocycles. The highest BCUT2D eigenvalue weighted by atomic mass is 35.5. The molecular weight excluding hydrogens is 306 g/mol. The molecule has 2 heterocycles. The van der Waals surface area contributed by atoms with Gasteiger partial charge >= 0.3 is 0 Å². The quantitative estimate of drug-likeness (QED) is 0.795. The lowest BCUT2D eigenvalue weighted by molar-refractivity contribution is -0.142. The number of likely N-dealkylation sites (N-methyl/N-ethyl adjacent to an activating group) is 1. The Hall–Kier alpha value is -1.60. The van der Waals surface area contributed by atoms with Gasteiger partial charge in [0.25, 0.3) is 0 Å². The number of carbonyl (C=O) groups excluding carboxylic acids is 2. The van der Waals surface area contributed by atoms with Crippen molar-refractivity contribution in [3.63, 3.8) is 0 Å². The summed E-state index contributed by atoms with van der Waals surface area (Å²) in [4.78, 5) is 25.9. The summed E-state index contributed by atoms with van der Waals surface area (Å²) in [6.45, 7) is 1.98. The van der Waals surface area contributed by atoms with Gasteiger partial charge in [-0.1, -0.05) is 0 Å². The summed E-state index contributed by atoms with van der Waals surface area (Å²) in [6.07, 6.45) is 5.26. The van der Waals surface area contributed by atoms with Crippen molar-refractivity contribution >= 4 is 24.2 Å². The third-order valence-electron chi connectivity index (χ3n) is 4.07. The number of halogens is 1. The van der Waals surface area contributed by atoms with Crippen LogP contribution in [0.5, 0.6) is 0 Å². The summed E-state index contributed by atoms with van der Waals surface area (Å²) >= 11 is 0. The molecule has 8 heteroatoms. The zero-order valence-corrected chi connectivity index (χ0v) is 13.9. The number of rotatable bonds is 5. The van der Waals surface area contributed by atoms with Gasteiger partial charge in [-0.15, -0.1) is 12.4 Å². The minimum Gasteiger partial charge on any atom is -0.359 e. The number of nitrogens with one attached hydrogen (secondary N) is 2. The normalized spacial score (nSPS) is 16.5. The summed E-state index contributed by atoms with van der Waals surface area (Å²) < 4.78 is 1.77. The second kappa shape index (κ2) is 8.14. The van der Waals surface area contributed by atoms with E-state index in [0.717, 1.165) is 13.1 Å². The molecule has 1 aromatic heterocycles. The second-order valence-electron chi connectivity index (χ2n) is 5.38. The van der Waals surface area contributed by atoms with Crippen LogP contribution in [0.25, 0.3) is 0 Å². The predicted octanol–water partition coefficient (Wildman–Crippen LogP) is -0.0219. The molecule has 7 nitrogen and oxygen atoms in total. The maximum Gasteiger partial charge on any atom is 0.250 e. The van der Waals surface area contributed by atoms with Gasteiger partial charge in [-0.3, -0.25) is 14.3 Å². The predicted molar refractivity (Wildman–Crippen MR) is 85.9 cm³/mol. The molecule has 1 fully saturated rings. The first kappa shape index (κ1) is 18.4. The Morgan fingerprint density at radius 1 is 1.41 bits per heavy atom. The van der Waals surface area contributed by atoms with Crippen molar-refractivity contribution in [2.75, 3.05) is 33.7 Å². The minimum absolute atomic E-state index is 0. The van der Waals surface area contributed by atoms with Gasteiger partial charge in [0, 0.05) is 39.5 Å². The van der Waals surface area contributed by atoms with Crippen molar-refractivity contribution < 1.29 is 9.59 Å². The molecule has 22 heavy (non-hydrogen) atoms. The fourth-order valence-corrected chi connectivity index (χ4v) is 2.75. The molecule has 1 saturated heterocycles. The van der Waals surface area contributed by atoms with E-state index in [4.69, 9.17) is 0 Å². The van der Waals surface area contributed by atoms with E-state index in [1.165, 1.54) is 0 Å². The van der Waals surface area contributed by atoms with Gasteiger partial charge in [-0.05, 0) is 32.0 Å². The van der Waals surface area contributed by atoms with Gasteiger partial charge in [-0.25, -0.2) is 0 Å². The first-order valence-electron chi connectivity index (χ1n) is 7.27. The highest BCUT2D eigenvalue weighted by Crippen LogP contribution is 2.29. The number of hydrogen-bond acceptors (Lipinski definition) is 4. The monoisotopic (exact) mass is 329 g/mol. The molecule has 1 aliphatic heterocycles. The van der Waals surface area contributed by atoms with E-state index in [0.29, 0.717) is 25.8 Å². The number of amides is 2. The zero-order chi connectivity index (χ0) is 15.3. The van der Waals surface area contributed by atoms with Crippen LogP contribution in [0.4, 0.5) is 0 Å². The largest absolute Gasteiger partial charge is 0.359 e. The summed E-state index contributed by atoms with van der Waals surface area (Å²) in [7, 11) is 3.35.